The molecule has 0 radical (unpaired) electrons. The number of thiazole rings is 1. The number of hydrogen-bond donors (Lipinski definition) is 1. The van der Waals surface area contributed by atoms with Crippen molar-refractivity contribution in [1.82, 2.24) is 24.4 Å². The highest BCUT2D eigenvalue weighted by Gasteiger charge is 2.33. The molecule has 26 heavy (non-hydrogen) atoms. The number of piperazine rings is 1. The Morgan fingerprint density at radius 2 is 2.00 bits per heavy atom. The minimum atomic E-state index is -0.451. The van der Waals surface area contributed by atoms with E-state index >= 15 is 0 Å². The van der Waals surface area contributed by atoms with Gasteiger partial charge in [-0.2, -0.15) is 4.52 Å². The molecule has 1 aliphatic rings. The van der Waals surface area contributed by atoms with Gasteiger partial charge < -0.3 is 10.0 Å². The van der Waals surface area contributed by atoms with Gasteiger partial charge in [0.25, 0.3) is 0 Å². The zero-order chi connectivity index (χ0) is 18.4. The molecule has 1 fully saturated rings. The molecule has 1 atom stereocenters. The highest BCUT2D eigenvalue weighted by atomic mass is 35.5. The SMILES string of the molecule is Cc1nc2sc(C(c3cccc(Cl)c3F)N3CCN(C)CC3)c(O)n2n1. The first-order chi connectivity index (χ1) is 12.5. The first kappa shape index (κ1) is 17.7. The molecule has 0 spiro atoms. The lowest BCUT2D eigenvalue weighted by atomic mass is 10.0. The second-order valence-corrected chi connectivity index (χ2v) is 7.94. The van der Waals surface area contributed by atoms with Gasteiger partial charge in [-0.15, -0.1) is 5.10 Å². The van der Waals surface area contributed by atoms with Crippen LogP contribution in [0.1, 0.15) is 22.3 Å². The minimum absolute atomic E-state index is 0.00824. The number of aromatic nitrogens is 3. The first-order valence-electron chi connectivity index (χ1n) is 8.37. The van der Waals surface area contributed by atoms with Crippen LogP contribution >= 0.6 is 22.9 Å². The fourth-order valence-corrected chi connectivity index (χ4v) is 4.68. The number of nitrogens with zero attached hydrogens (tertiary/aromatic N) is 5. The van der Waals surface area contributed by atoms with E-state index in [9.17, 15) is 9.50 Å². The number of aromatic hydroxyl groups is 1. The molecule has 0 amide bonds. The Morgan fingerprint density at radius 1 is 1.27 bits per heavy atom. The van der Waals surface area contributed by atoms with Gasteiger partial charge in [0.05, 0.1) is 15.9 Å². The molecular weight excluding hydrogens is 377 g/mol. The Kier molecular flexibility index (Phi) is 4.60. The highest BCUT2D eigenvalue weighted by molar-refractivity contribution is 7.17. The number of rotatable bonds is 3. The van der Waals surface area contributed by atoms with Crippen LogP contribution in [0.15, 0.2) is 18.2 Å². The molecule has 9 heteroatoms. The molecule has 1 aliphatic heterocycles. The molecule has 3 aromatic rings. The summed E-state index contributed by atoms with van der Waals surface area (Å²) in [5, 5.41) is 15.1. The van der Waals surface area contributed by atoms with Crippen molar-refractivity contribution in [3.63, 3.8) is 0 Å². The van der Waals surface area contributed by atoms with Gasteiger partial charge in [0, 0.05) is 31.7 Å². The molecule has 138 valence electrons. The van der Waals surface area contributed by atoms with Crippen molar-refractivity contribution in [3.05, 3.63) is 45.3 Å². The second-order valence-electron chi connectivity index (χ2n) is 6.53. The molecule has 0 aliphatic carbocycles. The van der Waals surface area contributed by atoms with E-state index in [1.807, 2.05) is 0 Å². The van der Waals surface area contributed by atoms with Crippen molar-refractivity contribution in [2.75, 3.05) is 33.2 Å². The van der Waals surface area contributed by atoms with E-state index < -0.39 is 11.9 Å². The predicted molar refractivity (Wildman–Crippen MR) is 99.6 cm³/mol. The summed E-state index contributed by atoms with van der Waals surface area (Å²) >= 11 is 7.37. The van der Waals surface area contributed by atoms with Crippen LogP contribution in [0.3, 0.4) is 0 Å². The number of aryl methyl sites for hydroxylation is 1. The normalized spacial score (nSPS) is 17.8. The molecule has 1 saturated heterocycles. The van der Waals surface area contributed by atoms with Gasteiger partial charge in [-0.1, -0.05) is 35.1 Å². The third-order valence-electron chi connectivity index (χ3n) is 4.73. The van der Waals surface area contributed by atoms with E-state index in [0.29, 0.717) is 21.2 Å². The van der Waals surface area contributed by atoms with Crippen molar-refractivity contribution in [2.24, 2.45) is 0 Å². The summed E-state index contributed by atoms with van der Waals surface area (Å²) in [6.07, 6.45) is 0. The molecule has 0 saturated carbocycles. The maximum absolute atomic E-state index is 14.9. The van der Waals surface area contributed by atoms with Gasteiger partial charge >= 0.3 is 0 Å². The van der Waals surface area contributed by atoms with Gasteiger partial charge in [-0.25, -0.2) is 9.37 Å². The predicted octanol–water partition coefficient (Wildman–Crippen LogP) is 2.93. The average molecular weight is 396 g/mol. The molecule has 4 rings (SSSR count). The monoisotopic (exact) mass is 395 g/mol. The molecule has 6 nitrogen and oxygen atoms in total. The van der Waals surface area contributed by atoms with Crippen LogP contribution in [-0.4, -0.2) is 62.7 Å². The quantitative estimate of drug-likeness (QED) is 0.739. The lowest BCUT2D eigenvalue weighted by Gasteiger charge is -2.37. The van der Waals surface area contributed by atoms with E-state index in [4.69, 9.17) is 11.6 Å². The Morgan fingerprint density at radius 3 is 2.69 bits per heavy atom. The third-order valence-corrected chi connectivity index (χ3v) is 6.10. The topological polar surface area (TPSA) is 56.9 Å². The summed E-state index contributed by atoms with van der Waals surface area (Å²) in [5.74, 6) is 0.143. The van der Waals surface area contributed by atoms with Crippen LogP contribution in [0.4, 0.5) is 4.39 Å². The lowest BCUT2D eigenvalue weighted by molar-refractivity contribution is 0.125. The van der Waals surface area contributed by atoms with Gasteiger partial charge in [0.2, 0.25) is 10.8 Å². The summed E-state index contributed by atoms with van der Waals surface area (Å²) in [6.45, 7) is 5.05. The third kappa shape index (κ3) is 2.96. The zero-order valence-corrected chi connectivity index (χ0v) is 16.1. The fourth-order valence-electron chi connectivity index (χ4n) is 3.34. The van der Waals surface area contributed by atoms with Crippen molar-refractivity contribution in [2.45, 2.75) is 13.0 Å². The zero-order valence-electron chi connectivity index (χ0n) is 14.5. The van der Waals surface area contributed by atoms with Crippen LogP contribution in [-0.2, 0) is 0 Å². The number of likely N-dealkylation sites (N-methyl/N-ethyl adjacent to an activating group) is 1. The van der Waals surface area contributed by atoms with E-state index in [-0.39, 0.29) is 10.9 Å². The van der Waals surface area contributed by atoms with E-state index in [1.54, 1.807) is 19.1 Å². The number of benzene rings is 1. The second kappa shape index (κ2) is 6.77. The van der Waals surface area contributed by atoms with Crippen LogP contribution in [0.2, 0.25) is 5.02 Å². The number of fused-ring (bicyclic) bond motifs is 1. The van der Waals surface area contributed by atoms with Gasteiger partial charge in [-0.05, 0) is 20.0 Å². The maximum Gasteiger partial charge on any atom is 0.230 e. The van der Waals surface area contributed by atoms with Crippen LogP contribution < -0.4 is 0 Å². The average Bonchev–Trinajstić information content (AvgIpc) is 3.11. The van der Waals surface area contributed by atoms with Crippen molar-refractivity contribution < 1.29 is 9.50 Å². The maximum atomic E-state index is 14.9. The van der Waals surface area contributed by atoms with Crippen molar-refractivity contribution in [3.8, 4) is 5.88 Å². The van der Waals surface area contributed by atoms with Crippen LogP contribution in [0.5, 0.6) is 5.88 Å². The lowest BCUT2D eigenvalue weighted by Crippen LogP contribution is -2.46. The summed E-state index contributed by atoms with van der Waals surface area (Å²) in [6, 6.07) is 4.57. The summed E-state index contributed by atoms with van der Waals surface area (Å²) < 4.78 is 16.3. The van der Waals surface area contributed by atoms with Gasteiger partial charge in [-0.3, -0.25) is 4.90 Å². The van der Waals surface area contributed by atoms with E-state index in [1.165, 1.54) is 21.9 Å². The standard InChI is InChI=1S/C17H19ClFN5OS/c1-10-20-17-24(21-10)16(25)15(26-17)14(23-8-6-22(2)7-9-23)11-4-3-5-12(18)13(11)19/h3-5,14,25H,6-9H2,1-2H3. The Bertz CT molecular complexity index is 950. The summed E-state index contributed by atoms with van der Waals surface area (Å²) in [7, 11) is 2.07. The minimum Gasteiger partial charge on any atom is -0.492 e. The Hall–Kier alpha value is -1.74. The van der Waals surface area contributed by atoms with Crippen molar-refractivity contribution in [1.29, 1.82) is 0 Å². The van der Waals surface area contributed by atoms with Crippen LogP contribution in [0, 0.1) is 12.7 Å². The summed E-state index contributed by atoms with van der Waals surface area (Å²) in [4.78, 5) is 9.96. The van der Waals surface area contributed by atoms with E-state index in [0.717, 1.165) is 26.2 Å². The molecule has 2 aromatic heterocycles. The molecule has 0 bridgehead atoms. The molecular formula is C17H19ClFN5OS. The van der Waals surface area contributed by atoms with Gasteiger partial charge in [0.1, 0.15) is 11.6 Å². The number of halogens is 2. The molecule has 1 aromatic carbocycles. The Labute approximate surface area is 159 Å². The Balaban J connectivity index is 1.85. The highest BCUT2D eigenvalue weighted by Crippen LogP contribution is 2.41. The van der Waals surface area contributed by atoms with Crippen LogP contribution in [0.25, 0.3) is 4.96 Å². The van der Waals surface area contributed by atoms with E-state index in [2.05, 4.69) is 26.9 Å². The van der Waals surface area contributed by atoms with Gasteiger partial charge in [0.15, 0.2) is 0 Å². The first-order valence-corrected chi connectivity index (χ1v) is 9.56. The van der Waals surface area contributed by atoms with Crippen molar-refractivity contribution >= 4 is 27.9 Å². The molecule has 3 heterocycles. The fraction of sp³-hybridized carbons (Fsp3) is 0.412. The smallest absolute Gasteiger partial charge is 0.230 e. The molecule has 1 N–H and O–H groups in total. The molecule has 1 unspecified atom stereocenters. The summed E-state index contributed by atoms with van der Waals surface area (Å²) in [5.41, 5.74) is 0.457. The number of hydrogen-bond acceptors (Lipinski definition) is 6. The largest absolute Gasteiger partial charge is 0.492 e.